The summed E-state index contributed by atoms with van der Waals surface area (Å²) in [5, 5.41) is 0.607. The maximum Gasteiger partial charge on any atom is 0.228 e. The molecule has 0 saturated carbocycles. The monoisotopic (exact) mass is 239 g/mol. The molecule has 0 aliphatic carbocycles. The summed E-state index contributed by atoms with van der Waals surface area (Å²) in [4.78, 5) is 19.4. The number of thiazole rings is 1. The van der Waals surface area contributed by atoms with Crippen LogP contribution < -0.4 is 5.73 Å². The lowest BCUT2D eigenvalue weighted by Gasteiger charge is -2.31. The van der Waals surface area contributed by atoms with Gasteiger partial charge in [-0.25, -0.2) is 4.98 Å². The van der Waals surface area contributed by atoms with Crippen molar-refractivity contribution >= 4 is 22.4 Å². The Morgan fingerprint density at radius 3 is 2.81 bits per heavy atom. The molecule has 0 fully saturated rings. The molecule has 1 aromatic rings. The molecule has 16 heavy (non-hydrogen) atoms. The van der Waals surface area contributed by atoms with Crippen LogP contribution in [-0.2, 0) is 17.8 Å². The summed E-state index contributed by atoms with van der Waals surface area (Å²) in [5.74, 6) is 0.199. The minimum atomic E-state index is -0.312. The fourth-order valence-corrected chi connectivity index (χ4v) is 2.76. The van der Waals surface area contributed by atoms with Gasteiger partial charge in [-0.15, -0.1) is 11.3 Å². The second kappa shape index (κ2) is 3.73. The lowest BCUT2D eigenvalue weighted by atomic mass is 9.94. The SMILES string of the molecule is CC(C)(C)C(=O)N1CCc2nc(N)sc2C1. The van der Waals surface area contributed by atoms with Gasteiger partial charge in [0.05, 0.1) is 12.2 Å². The summed E-state index contributed by atoms with van der Waals surface area (Å²) in [6, 6.07) is 0. The summed E-state index contributed by atoms with van der Waals surface area (Å²) in [7, 11) is 0. The Morgan fingerprint density at radius 1 is 1.50 bits per heavy atom. The molecule has 4 nitrogen and oxygen atoms in total. The molecule has 1 amide bonds. The number of nitrogen functional groups attached to an aromatic ring is 1. The largest absolute Gasteiger partial charge is 0.375 e. The Bertz CT molecular complexity index is 419. The molecule has 0 unspecified atom stereocenters. The van der Waals surface area contributed by atoms with Crippen LogP contribution in [0.1, 0.15) is 31.3 Å². The van der Waals surface area contributed by atoms with Gasteiger partial charge in [-0.3, -0.25) is 4.79 Å². The van der Waals surface area contributed by atoms with Gasteiger partial charge < -0.3 is 10.6 Å². The van der Waals surface area contributed by atoms with E-state index in [0.717, 1.165) is 23.5 Å². The molecule has 0 atom stereocenters. The number of aromatic nitrogens is 1. The van der Waals surface area contributed by atoms with Crippen molar-refractivity contribution in [1.29, 1.82) is 0 Å². The maximum atomic E-state index is 12.1. The quantitative estimate of drug-likeness (QED) is 0.749. The molecule has 5 heteroatoms. The number of nitrogens with two attached hydrogens (primary N) is 1. The Labute approximate surface area is 99.5 Å². The Balaban J connectivity index is 2.17. The van der Waals surface area contributed by atoms with E-state index in [1.807, 2.05) is 25.7 Å². The standard InChI is InChI=1S/C11H17N3OS/c1-11(2,3)9(15)14-5-4-7-8(6-14)16-10(12)13-7/h4-6H2,1-3H3,(H2,12,13). The van der Waals surface area contributed by atoms with Crippen molar-refractivity contribution in [3.8, 4) is 0 Å². The van der Waals surface area contributed by atoms with Crippen molar-refractivity contribution < 1.29 is 4.79 Å². The molecule has 88 valence electrons. The van der Waals surface area contributed by atoms with Crippen molar-refractivity contribution in [1.82, 2.24) is 9.88 Å². The molecule has 2 N–H and O–H groups in total. The maximum absolute atomic E-state index is 12.1. The summed E-state index contributed by atoms with van der Waals surface area (Å²) in [6.45, 7) is 7.27. The predicted molar refractivity (Wildman–Crippen MR) is 65.1 cm³/mol. The number of fused-ring (bicyclic) bond motifs is 1. The zero-order valence-corrected chi connectivity index (χ0v) is 10.7. The first kappa shape index (κ1) is 11.4. The first-order chi connectivity index (χ1) is 7.38. The molecule has 1 aliphatic rings. The third-order valence-electron chi connectivity index (χ3n) is 2.68. The van der Waals surface area contributed by atoms with Gasteiger partial charge in [-0.1, -0.05) is 20.8 Å². The normalized spacial score (nSPS) is 16.1. The van der Waals surface area contributed by atoms with Crippen LogP contribution in [0.15, 0.2) is 0 Å². The minimum absolute atomic E-state index is 0.199. The number of rotatable bonds is 0. The van der Waals surface area contributed by atoms with Crippen LogP contribution in [0.25, 0.3) is 0 Å². The molecule has 0 spiro atoms. The fraction of sp³-hybridized carbons (Fsp3) is 0.636. The summed E-state index contributed by atoms with van der Waals surface area (Å²) >= 11 is 1.49. The molecule has 0 saturated heterocycles. The van der Waals surface area contributed by atoms with Gasteiger partial charge in [-0.2, -0.15) is 0 Å². The van der Waals surface area contributed by atoms with E-state index in [9.17, 15) is 4.79 Å². The number of anilines is 1. The number of nitrogens with zero attached hydrogens (tertiary/aromatic N) is 2. The Kier molecular flexibility index (Phi) is 2.66. The highest BCUT2D eigenvalue weighted by Gasteiger charge is 2.30. The first-order valence-corrected chi connectivity index (χ1v) is 6.23. The third kappa shape index (κ3) is 2.04. The smallest absolute Gasteiger partial charge is 0.228 e. The van der Waals surface area contributed by atoms with E-state index in [-0.39, 0.29) is 11.3 Å². The highest BCUT2D eigenvalue weighted by Crippen LogP contribution is 2.28. The van der Waals surface area contributed by atoms with Gasteiger partial charge in [0.25, 0.3) is 0 Å². The first-order valence-electron chi connectivity index (χ1n) is 5.41. The van der Waals surface area contributed by atoms with Gasteiger partial charge in [0, 0.05) is 23.3 Å². The second-order valence-electron chi connectivity index (χ2n) is 5.15. The Hall–Kier alpha value is -1.10. The molecule has 0 bridgehead atoms. The van der Waals surface area contributed by atoms with Crippen LogP contribution in [0.5, 0.6) is 0 Å². The van der Waals surface area contributed by atoms with Gasteiger partial charge in [-0.05, 0) is 0 Å². The van der Waals surface area contributed by atoms with E-state index in [1.165, 1.54) is 11.3 Å². The third-order valence-corrected chi connectivity index (χ3v) is 3.59. The van der Waals surface area contributed by atoms with Crippen LogP contribution in [0.2, 0.25) is 0 Å². The highest BCUT2D eigenvalue weighted by atomic mass is 32.1. The van der Waals surface area contributed by atoms with Crippen molar-refractivity contribution in [3.05, 3.63) is 10.6 Å². The molecule has 2 rings (SSSR count). The van der Waals surface area contributed by atoms with E-state index < -0.39 is 0 Å². The van der Waals surface area contributed by atoms with Gasteiger partial charge in [0.2, 0.25) is 5.91 Å². The highest BCUT2D eigenvalue weighted by molar-refractivity contribution is 7.15. The zero-order chi connectivity index (χ0) is 11.9. The van der Waals surface area contributed by atoms with Crippen LogP contribution in [-0.4, -0.2) is 22.3 Å². The minimum Gasteiger partial charge on any atom is -0.375 e. The summed E-state index contributed by atoms with van der Waals surface area (Å²) in [6.07, 6.45) is 0.824. The van der Waals surface area contributed by atoms with Crippen molar-refractivity contribution in [3.63, 3.8) is 0 Å². The van der Waals surface area contributed by atoms with E-state index in [2.05, 4.69) is 4.98 Å². The fourth-order valence-electron chi connectivity index (χ4n) is 1.86. The number of carbonyl (C=O) groups excluding carboxylic acids is 1. The van der Waals surface area contributed by atoms with Crippen molar-refractivity contribution in [2.75, 3.05) is 12.3 Å². The topological polar surface area (TPSA) is 59.2 Å². The number of hydrogen-bond donors (Lipinski definition) is 1. The molecular formula is C11H17N3OS. The van der Waals surface area contributed by atoms with E-state index in [4.69, 9.17) is 5.73 Å². The number of amides is 1. The van der Waals surface area contributed by atoms with Crippen LogP contribution in [0.3, 0.4) is 0 Å². The molecule has 0 radical (unpaired) electrons. The van der Waals surface area contributed by atoms with Gasteiger partial charge in [0.1, 0.15) is 0 Å². The predicted octanol–water partition coefficient (Wildman–Crippen LogP) is 1.66. The summed E-state index contributed by atoms with van der Waals surface area (Å²) in [5.41, 5.74) is 6.43. The zero-order valence-electron chi connectivity index (χ0n) is 9.91. The lowest BCUT2D eigenvalue weighted by molar-refractivity contribution is -0.140. The molecule has 0 aromatic carbocycles. The lowest BCUT2D eigenvalue weighted by Crippen LogP contribution is -2.42. The van der Waals surface area contributed by atoms with Crippen LogP contribution >= 0.6 is 11.3 Å². The van der Waals surface area contributed by atoms with E-state index >= 15 is 0 Å². The average molecular weight is 239 g/mol. The Morgan fingerprint density at radius 2 is 2.19 bits per heavy atom. The van der Waals surface area contributed by atoms with Gasteiger partial charge >= 0.3 is 0 Å². The van der Waals surface area contributed by atoms with Crippen molar-refractivity contribution in [2.45, 2.75) is 33.7 Å². The van der Waals surface area contributed by atoms with Crippen LogP contribution in [0.4, 0.5) is 5.13 Å². The summed E-state index contributed by atoms with van der Waals surface area (Å²) < 4.78 is 0. The molecule has 1 aromatic heterocycles. The van der Waals surface area contributed by atoms with Crippen LogP contribution in [0, 0.1) is 5.41 Å². The van der Waals surface area contributed by atoms with Gasteiger partial charge in [0.15, 0.2) is 5.13 Å². The second-order valence-corrected chi connectivity index (χ2v) is 6.26. The molecule has 1 aliphatic heterocycles. The van der Waals surface area contributed by atoms with E-state index in [0.29, 0.717) is 11.7 Å². The number of carbonyl (C=O) groups is 1. The average Bonchev–Trinajstić information content (AvgIpc) is 2.54. The molecule has 2 heterocycles. The molecular weight excluding hydrogens is 222 g/mol. The van der Waals surface area contributed by atoms with E-state index in [1.54, 1.807) is 0 Å². The number of hydrogen-bond acceptors (Lipinski definition) is 4. The van der Waals surface area contributed by atoms with Crippen molar-refractivity contribution in [2.24, 2.45) is 5.41 Å².